The Morgan fingerprint density at radius 1 is 1.24 bits per heavy atom. The Balaban J connectivity index is 1.92. The fourth-order valence-electron chi connectivity index (χ4n) is 3.65. The zero-order chi connectivity index (χ0) is 12.5. The number of hydrogen-bond donors (Lipinski definition) is 1. The molecule has 0 saturated heterocycles. The molecule has 0 unspecified atom stereocenters. The normalized spacial score (nSPS) is 23.8. The Morgan fingerprint density at radius 3 is 2.41 bits per heavy atom. The van der Waals surface area contributed by atoms with E-state index in [1.807, 2.05) is 12.1 Å². The Morgan fingerprint density at radius 2 is 1.88 bits per heavy atom. The molecule has 0 spiro atoms. The maximum atomic E-state index is 5.37. The largest absolute Gasteiger partial charge is 0.468 e. The van der Waals surface area contributed by atoms with Crippen LogP contribution >= 0.6 is 0 Å². The summed E-state index contributed by atoms with van der Waals surface area (Å²) in [6.45, 7) is 10.4. The molecule has 1 aromatic heterocycles. The van der Waals surface area contributed by atoms with Crippen LogP contribution < -0.4 is 5.32 Å². The second kappa shape index (κ2) is 4.49. The summed E-state index contributed by atoms with van der Waals surface area (Å²) in [5.74, 6) is 1.03. The average Bonchev–Trinajstić information content (AvgIpc) is 2.61. The van der Waals surface area contributed by atoms with Gasteiger partial charge in [-0.25, -0.2) is 0 Å². The third-order valence-corrected chi connectivity index (χ3v) is 3.70. The van der Waals surface area contributed by atoms with Gasteiger partial charge in [-0.1, -0.05) is 27.7 Å². The van der Waals surface area contributed by atoms with Crippen LogP contribution in [0.25, 0.3) is 0 Å². The molecular weight excluding hydrogens is 210 g/mol. The molecule has 2 rings (SSSR count). The van der Waals surface area contributed by atoms with E-state index in [0.717, 1.165) is 12.3 Å². The van der Waals surface area contributed by atoms with Crippen LogP contribution in [-0.2, 0) is 6.54 Å². The summed E-state index contributed by atoms with van der Waals surface area (Å²) in [6.07, 6.45) is 5.58. The fraction of sp³-hybridized carbons (Fsp3) is 0.733. The molecule has 2 heteroatoms. The molecule has 1 aliphatic rings. The summed E-state index contributed by atoms with van der Waals surface area (Å²) in [4.78, 5) is 0. The van der Waals surface area contributed by atoms with Crippen molar-refractivity contribution in [2.24, 2.45) is 10.8 Å². The minimum Gasteiger partial charge on any atom is -0.468 e. The summed E-state index contributed by atoms with van der Waals surface area (Å²) in [5, 5.41) is 3.64. The summed E-state index contributed by atoms with van der Waals surface area (Å²) >= 11 is 0. The van der Waals surface area contributed by atoms with Crippen molar-refractivity contribution < 1.29 is 4.42 Å². The van der Waals surface area contributed by atoms with Gasteiger partial charge in [-0.2, -0.15) is 0 Å². The lowest BCUT2D eigenvalue weighted by Crippen LogP contribution is -2.43. The van der Waals surface area contributed by atoms with Crippen molar-refractivity contribution in [1.29, 1.82) is 0 Å². The van der Waals surface area contributed by atoms with Crippen molar-refractivity contribution in [3.05, 3.63) is 24.2 Å². The van der Waals surface area contributed by atoms with Crippen molar-refractivity contribution in [2.45, 2.75) is 59.5 Å². The second-order valence-corrected chi connectivity index (χ2v) is 7.07. The highest BCUT2D eigenvalue weighted by Gasteiger charge is 2.38. The third kappa shape index (κ3) is 3.60. The van der Waals surface area contributed by atoms with Gasteiger partial charge < -0.3 is 9.73 Å². The molecule has 17 heavy (non-hydrogen) atoms. The Labute approximate surface area is 105 Å². The summed E-state index contributed by atoms with van der Waals surface area (Å²) in [6, 6.07) is 4.59. The molecular formula is C15H25NO. The molecule has 0 radical (unpaired) electrons. The molecule has 2 nitrogen and oxygen atoms in total. The standard InChI is InChI=1S/C15H25NO/c1-14(2)8-12(9-15(3,4)11-14)16-10-13-6-5-7-17-13/h5-7,12,16H,8-11H2,1-4H3. The minimum absolute atomic E-state index is 0.447. The molecule has 1 aromatic rings. The number of hydrogen-bond acceptors (Lipinski definition) is 2. The van der Waals surface area contributed by atoms with Gasteiger partial charge in [-0.3, -0.25) is 0 Å². The fourth-order valence-corrected chi connectivity index (χ4v) is 3.65. The van der Waals surface area contributed by atoms with Crippen molar-refractivity contribution in [3.8, 4) is 0 Å². The molecule has 0 atom stereocenters. The van der Waals surface area contributed by atoms with E-state index in [0.29, 0.717) is 16.9 Å². The summed E-state index contributed by atoms with van der Waals surface area (Å²) in [5.41, 5.74) is 0.894. The molecule has 1 fully saturated rings. The van der Waals surface area contributed by atoms with E-state index in [1.54, 1.807) is 6.26 Å². The van der Waals surface area contributed by atoms with E-state index in [-0.39, 0.29) is 0 Å². The summed E-state index contributed by atoms with van der Waals surface area (Å²) in [7, 11) is 0. The molecule has 0 aliphatic heterocycles. The van der Waals surface area contributed by atoms with E-state index in [2.05, 4.69) is 33.0 Å². The summed E-state index contributed by atoms with van der Waals surface area (Å²) < 4.78 is 5.37. The number of rotatable bonds is 3. The van der Waals surface area contributed by atoms with Gasteiger partial charge in [0.1, 0.15) is 5.76 Å². The highest BCUT2D eigenvalue weighted by atomic mass is 16.3. The van der Waals surface area contributed by atoms with E-state index >= 15 is 0 Å². The first-order chi connectivity index (χ1) is 7.86. The van der Waals surface area contributed by atoms with Gasteiger partial charge in [0.2, 0.25) is 0 Å². The van der Waals surface area contributed by atoms with E-state index in [4.69, 9.17) is 4.42 Å². The molecule has 0 amide bonds. The second-order valence-electron chi connectivity index (χ2n) is 7.07. The minimum atomic E-state index is 0.447. The maximum Gasteiger partial charge on any atom is 0.117 e. The zero-order valence-electron chi connectivity index (χ0n) is 11.5. The van der Waals surface area contributed by atoms with Crippen LogP contribution in [0.3, 0.4) is 0 Å². The number of furan rings is 1. The van der Waals surface area contributed by atoms with Gasteiger partial charge in [0.15, 0.2) is 0 Å². The van der Waals surface area contributed by atoms with Crippen LogP contribution in [0.1, 0.15) is 52.7 Å². The Bertz CT molecular complexity index is 335. The SMILES string of the molecule is CC1(C)CC(NCc2ccco2)CC(C)(C)C1. The first kappa shape index (κ1) is 12.7. The van der Waals surface area contributed by atoms with E-state index in [9.17, 15) is 0 Å². The van der Waals surface area contributed by atoms with Gasteiger partial charge in [-0.05, 0) is 42.2 Å². The topological polar surface area (TPSA) is 25.2 Å². The third-order valence-electron chi connectivity index (χ3n) is 3.70. The molecule has 1 aliphatic carbocycles. The van der Waals surface area contributed by atoms with Crippen molar-refractivity contribution in [2.75, 3.05) is 0 Å². The molecule has 1 N–H and O–H groups in total. The van der Waals surface area contributed by atoms with Gasteiger partial charge in [0, 0.05) is 6.04 Å². The van der Waals surface area contributed by atoms with Crippen LogP contribution in [0.4, 0.5) is 0 Å². The van der Waals surface area contributed by atoms with Crippen molar-refractivity contribution >= 4 is 0 Å². The first-order valence-electron chi connectivity index (χ1n) is 6.62. The zero-order valence-corrected chi connectivity index (χ0v) is 11.5. The molecule has 1 saturated carbocycles. The molecule has 1 heterocycles. The smallest absolute Gasteiger partial charge is 0.117 e. The van der Waals surface area contributed by atoms with Gasteiger partial charge >= 0.3 is 0 Å². The lowest BCUT2D eigenvalue weighted by molar-refractivity contribution is 0.0837. The Kier molecular flexibility index (Phi) is 3.35. The molecule has 96 valence electrons. The van der Waals surface area contributed by atoms with Crippen molar-refractivity contribution in [1.82, 2.24) is 5.32 Å². The quantitative estimate of drug-likeness (QED) is 0.857. The van der Waals surface area contributed by atoms with Crippen LogP contribution in [0.5, 0.6) is 0 Å². The Hall–Kier alpha value is -0.760. The van der Waals surface area contributed by atoms with Crippen LogP contribution in [-0.4, -0.2) is 6.04 Å². The predicted octanol–water partition coefficient (Wildman–Crippen LogP) is 3.97. The predicted molar refractivity (Wildman–Crippen MR) is 70.7 cm³/mol. The number of nitrogens with one attached hydrogen (secondary N) is 1. The average molecular weight is 235 g/mol. The van der Waals surface area contributed by atoms with E-state index < -0.39 is 0 Å². The van der Waals surface area contributed by atoms with Gasteiger partial charge in [0.25, 0.3) is 0 Å². The van der Waals surface area contributed by atoms with Crippen molar-refractivity contribution in [3.63, 3.8) is 0 Å². The lowest BCUT2D eigenvalue weighted by Gasteiger charge is -2.45. The van der Waals surface area contributed by atoms with Gasteiger partial charge in [0.05, 0.1) is 12.8 Å². The monoisotopic (exact) mass is 235 g/mol. The lowest BCUT2D eigenvalue weighted by atomic mass is 9.63. The molecule has 0 aromatic carbocycles. The van der Waals surface area contributed by atoms with Crippen LogP contribution in [0.15, 0.2) is 22.8 Å². The maximum absolute atomic E-state index is 5.37. The first-order valence-corrected chi connectivity index (χ1v) is 6.62. The van der Waals surface area contributed by atoms with E-state index in [1.165, 1.54) is 19.3 Å². The highest BCUT2D eigenvalue weighted by Crippen LogP contribution is 2.45. The molecule has 0 bridgehead atoms. The van der Waals surface area contributed by atoms with Crippen LogP contribution in [0, 0.1) is 10.8 Å². The van der Waals surface area contributed by atoms with Gasteiger partial charge in [-0.15, -0.1) is 0 Å². The highest BCUT2D eigenvalue weighted by molar-refractivity contribution is 4.99. The van der Waals surface area contributed by atoms with Crippen LogP contribution in [0.2, 0.25) is 0 Å².